The van der Waals surface area contributed by atoms with Crippen LogP contribution in [0.15, 0.2) is 54.6 Å². The third kappa shape index (κ3) is 3.80. The maximum absolute atomic E-state index is 12.5. The number of hydrogen-bond donors (Lipinski definition) is 2. The smallest absolute Gasteiger partial charge is 0.269 e. The number of hydrogen-bond acceptors (Lipinski definition) is 5. The number of fused-ring (bicyclic) bond motifs is 2. The highest BCUT2D eigenvalue weighted by molar-refractivity contribution is 5.97. The average molecular weight is 392 g/mol. The Labute approximate surface area is 167 Å². The van der Waals surface area contributed by atoms with Gasteiger partial charge in [-0.1, -0.05) is 24.3 Å². The third-order valence-corrected chi connectivity index (χ3v) is 4.90. The molecule has 0 aromatic heterocycles. The number of nitrogens with one attached hydrogen (secondary N) is 2. The molecule has 0 unspecified atom stereocenters. The van der Waals surface area contributed by atoms with E-state index in [1.54, 1.807) is 32.2 Å². The molecule has 2 amide bonds. The molecule has 4 rings (SSSR count). The number of amides is 2. The number of rotatable bonds is 4. The van der Waals surface area contributed by atoms with Gasteiger partial charge in [-0.3, -0.25) is 20.4 Å². The summed E-state index contributed by atoms with van der Waals surface area (Å²) in [6, 6.07) is 16.4. The normalized spacial score (nSPS) is 13.0. The summed E-state index contributed by atoms with van der Waals surface area (Å²) in [5.41, 5.74) is 6.13. The summed E-state index contributed by atoms with van der Waals surface area (Å²) in [4.78, 5) is 24.8. The van der Waals surface area contributed by atoms with Crippen molar-refractivity contribution in [3.05, 3.63) is 65.7 Å². The van der Waals surface area contributed by atoms with Gasteiger partial charge >= 0.3 is 0 Å². The fourth-order valence-corrected chi connectivity index (χ4v) is 3.13. The first-order chi connectivity index (χ1) is 14.0. The number of methoxy groups -OCH3 is 1. The van der Waals surface area contributed by atoms with Crippen LogP contribution in [0, 0.1) is 0 Å². The van der Waals surface area contributed by atoms with E-state index in [4.69, 9.17) is 14.2 Å². The minimum Gasteiger partial charge on any atom is -0.497 e. The molecule has 0 spiro atoms. The van der Waals surface area contributed by atoms with Gasteiger partial charge in [-0.05, 0) is 53.6 Å². The molecule has 3 aromatic rings. The third-order valence-electron chi connectivity index (χ3n) is 4.90. The predicted molar refractivity (Wildman–Crippen MR) is 107 cm³/mol. The quantitative estimate of drug-likeness (QED) is 0.667. The Bertz CT molecular complexity index is 1100. The highest BCUT2D eigenvalue weighted by atomic mass is 16.7. The fraction of sp³-hybridized carbons (Fsp3) is 0.182. The number of hydrazine groups is 1. The van der Waals surface area contributed by atoms with E-state index in [1.807, 2.05) is 36.4 Å². The van der Waals surface area contributed by atoms with Gasteiger partial charge < -0.3 is 14.2 Å². The van der Waals surface area contributed by atoms with Crippen molar-refractivity contribution in [2.24, 2.45) is 0 Å². The molecule has 0 bridgehead atoms. The van der Waals surface area contributed by atoms with Gasteiger partial charge in [0.1, 0.15) is 5.75 Å². The molecule has 1 heterocycles. The Hall–Kier alpha value is -3.74. The van der Waals surface area contributed by atoms with Gasteiger partial charge in [-0.2, -0.15) is 0 Å². The zero-order valence-corrected chi connectivity index (χ0v) is 16.0. The van der Waals surface area contributed by atoms with Gasteiger partial charge in [-0.15, -0.1) is 0 Å². The van der Waals surface area contributed by atoms with Crippen molar-refractivity contribution in [2.75, 3.05) is 13.9 Å². The molecule has 0 aliphatic carbocycles. The second-order valence-electron chi connectivity index (χ2n) is 6.71. The Balaban J connectivity index is 1.41. The monoisotopic (exact) mass is 392 g/mol. The molecule has 29 heavy (non-hydrogen) atoms. The van der Waals surface area contributed by atoms with Crippen LogP contribution in [0.25, 0.3) is 10.8 Å². The second-order valence-corrected chi connectivity index (χ2v) is 6.71. The Morgan fingerprint density at radius 1 is 0.931 bits per heavy atom. The highest BCUT2D eigenvalue weighted by Crippen LogP contribution is 2.32. The molecule has 1 aliphatic heterocycles. The van der Waals surface area contributed by atoms with Gasteiger partial charge in [-0.25, -0.2) is 0 Å². The minimum absolute atomic E-state index is 0.132. The zero-order chi connectivity index (χ0) is 20.4. The first kappa shape index (κ1) is 18.6. The van der Waals surface area contributed by atoms with Crippen LogP contribution < -0.4 is 25.1 Å². The van der Waals surface area contributed by atoms with Gasteiger partial charge in [0, 0.05) is 5.56 Å². The van der Waals surface area contributed by atoms with Gasteiger partial charge in [0.15, 0.2) is 11.5 Å². The van der Waals surface area contributed by atoms with Crippen LogP contribution in [-0.4, -0.2) is 25.7 Å². The number of ether oxygens (including phenoxy) is 3. The first-order valence-electron chi connectivity index (χ1n) is 9.13. The predicted octanol–water partition coefficient (Wildman–Crippen LogP) is 3.14. The molecule has 0 saturated carbocycles. The molecule has 0 fully saturated rings. The second kappa shape index (κ2) is 7.71. The largest absolute Gasteiger partial charge is 0.497 e. The SMILES string of the molecule is COc1ccc2cc([C@@H](C)C(=O)NNC(=O)c3ccc4c(c3)OCO4)ccc2c1. The van der Waals surface area contributed by atoms with Crippen molar-refractivity contribution in [1.82, 2.24) is 10.9 Å². The van der Waals surface area contributed by atoms with E-state index >= 15 is 0 Å². The molecule has 1 atom stereocenters. The summed E-state index contributed by atoms with van der Waals surface area (Å²) in [5.74, 6) is 0.681. The lowest BCUT2D eigenvalue weighted by molar-refractivity contribution is -0.123. The van der Waals surface area contributed by atoms with Crippen molar-refractivity contribution in [2.45, 2.75) is 12.8 Å². The van der Waals surface area contributed by atoms with Gasteiger partial charge in [0.05, 0.1) is 13.0 Å². The van der Waals surface area contributed by atoms with E-state index in [0.29, 0.717) is 17.1 Å². The number of benzene rings is 3. The van der Waals surface area contributed by atoms with E-state index in [-0.39, 0.29) is 12.7 Å². The molecule has 3 aromatic carbocycles. The van der Waals surface area contributed by atoms with Crippen LogP contribution in [0.1, 0.15) is 28.8 Å². The topological polar surface area (TPSA) is 85.9 Å². The lowest BCUT2D eigenvalue weighted by Gasteiger charge is -2.14. The van der Waals surface area contributed by atoms with Crippen molar-refractivity contribution in [3.63, 3.8) is 0 Å². The van der Waals surface area contributed by atoms with Crippen molar-refractivity contribution < 1.29 is 23.8 Å². The van der Waals surface area contributed by atoms with Crippen LogP contribution in [0.2, 0.25) is 0 Å². The van der Waals surface area contributed by atoms with Crippen molar-refractivity contribution in [1.29, 1.82) is 0 Å². The van der Waals surface area contributed by atoms with Crippen LogP contribution >= 0.6 is 0 Å². The maximum Gasteiger partial charge on any atom is 0.269 e. The minimum atomic E-state index is -0.446. The van der Waals surface area contributed by atoms with E-state index in [1.165, 1.54) is 0 Å². The Kier molecular flexibility index (Phi) is 4.95. The summed E-state index contributed by atoms with van der Waals surface area (Å²) >= 11 is 0. The molecule has 1 aliphatic rings. The Morgan fingerprint density at radius 3 is 2.52 bits per heavy atom. The first-order valence-corrected chi connectivity index (χ1v) is 9.13. The summed E-state index contributed by atoms with van der Waals surface area (Å²) in [6.45, 7) is 1.92. The molecular formula is C22H20N2O5. The molecule has 2 N–H and O–H groups in total. The Morgan fingerprint density at radius 2 is 1.69 bits per heavy atom. The summed E-state index contributed by atoms with van der Waals surface area (Å²) in [6.07, 6.45) is 0. The standard InChI is InChI=1S/C22H20N2O5/c1-13(14-3-4-16-10-18(27-2)7-5-15(16)9-14)21(25)23-24-22(26)17-6-8-19-20(11-17)29-12-28-19/h3-11,13H,12H2,1-2H3,(H,23,25)(H,24,26)/t13-/m1/s1. The van der Waals surface area contributed by atoms with Crippen LogP contribution in [0.5, 0.6) is 17.2 Å². The summed E-state index contributed by atoms with van der Waals surface area (Å²) in [7, 11) is 1.62. The highest BCUT2D eigenvalue weighted by Gasteiger charge is 2.19. The average Bonchev–Trinajstić information content (AvgIpc) is 3.23. The molecule has 7 heteroatoms. The van der Waals surface area contributed by atoms with E-state index in [2.05, 4.69) is 10.9 Å². The van der Waals surface area contributed by atoms with Crippen molar-refractivity contribution in [3.8, 4) is 17.2 Å². The van der Waals surface area contributed by atoms with Gasteiger partial charge in [0.2, 0.25) is 12.7 Å². The van der Waals surface area contributed by atoms with E-state index in [0.717, 1.165) is 22.1 Å². The van der Waals surface area contributed by atoms with Gasteiger partial charge in [0.25, 0.3) is 5.91 Å². The lowest BCUT2D eigenvalue weighted by atomic mass is 9.97. The van der Waals surface area contributed by atoms with E-state index < -0.39 is 11.8 Å². The molecule has 148 valence electrons. The van der Waals surface area contributed by atoms with Crippen LogP contribution in [0.4, 0.5) is 0 Å². The van der Waals surface area contributed by atoms with Crippen LogP contribution in [0.3, 0.4) is 0 Å². The van der Waals surface area contributed by atoms with Crippen LogP contribution in [-0.2, 0) is 4.79 Å². The van der Waals surface area contributed by atoms with Crippen molar-refractivity contribution >= 4 is 22.6 Å². The maximum atomic E-state index is 12.5. The summed E-state index contributed by atoms with van der Waals surface area (Å²) < 4.78 is 15.7. The number of carbonyl (C=O) groups excluding carboxylic acids is 2. The lowest BCUT2D eigenvalue weighted by Crippen LogP contribution is -2.43. The number of carbonyl (C=O) groups is 2. The molecule has 0 saturated heterocycles. The fourth-order valence-electron chi connectivity index (χ4n) is 3.13. The summed E-state index contributed by atoms with van der Waals surface area (Å²) in [5, 5.41) is 2.03. The van der Waals surface area contributed by atoms with E-state index in [9.17, 15) is 9.59 Å². The zero-order valence-electron chi connectivity index (χ0n) is 16.0. The molecular weight excluding hydrogens is 372 g/mol. The molecule has 7 nitrogen and oxygen atoms in total. The molecule has 0 radical (unpaired) electrons.